The fourth-order valence-corrected chi connectivity index (χ4v) is 1.98. The smallest absolute Gasteiger partial charge is 0.151 e. The lowest BCUT2D eigenvalue weighted by Gasteiger charge is -2.14. The van der Waals surface area contributed by atoms with Gasteiger partial charge in [-0.15, -0.1) is 0 Å². The Balaban J connectivity index is 1.85. The van der Waals surface area contributed by atoms with E-state index in [4.69, 9.17) is 5.26 Å². The van der Waals surface area contributed by atoms with Crippen LogP contribution >= 0.6 is 0 Å². The normalized spacial score (nSPS) is 14.2. The van der Waals surface area contributed by atoms with Crippen molar-refractivity contribution in [1.29, 1.82) is 5.26 Å². The zero-order valence-corrected chi connectivity index (χ0v) is 10.2. The summed E-state index contributed by atoms with van der Waals surface area (Å²) in [5.41, 5.74) is 1.64. The van der Waals surface area contributed by atoms with Gasteiger partial charge in [0.2, 0.25) is 0 Å². The van der Waals surface area contributed by atoms with Crippen molar-refractivity contribution in [2.24, 2.45) is 0 Å². The van der Waals surface area contributed by atoms with Crippen molar-refractivity contribution in [3.8, 4) is 11.8 Å². The maximum Gasteiger partial charge on any atom is 0.151 e. The third-order valence-corrected chi connectivity index (χ3v) is 3.29. The predicted octanol–water partition coefficient (Wildman–Crippen LogP) is 2.34. The van der Waals surface area contributed by atoms with Gasteiger partial charge in [0.05, 0.1) is 17.3 Å². The average molecular weight is 238 g/mol. The molecule has 0 saturated heterocycles. The molecule has 0 bridgehead atoms. The highest BCUT2D eigenvalue weighted by atomic mass is 15.4. The average Bonchev–Trinajstić information content (AvgIpc) is 3.15. The van der Waals surface area contributed by atoms with E-state index in [2.05, 4.69) is 23.1 Å². The van der Waals surface area contributed by atoms with Crippen molar-refractivity contribution in [3.63, 3.8) is 0 Å². The first-order valence-electron chi connectivity index (χ1n) is 6.07. The minimum Gasteiger partial charge on any atom is -0.355 e. The van der Waals surface area contributed by atoms with E-state index < -0.39 is 0 Å². The molecule has 1 aliphatic rings. The highest BCUT2D eigenvalue weighted by Crippen LogP contribution is 2.29. The fraction of sp³-hybridized carbons (Fsp3) is 0.286. The summed E-state index contributed by atoms with van der Waals surface area (Å²) in [4.78, 5) is 2.22. The number of nitrogens with zero attached hydrogens (tertiary/aromatic N) is 4. The van der Waals surface area contributed by atoms with Crippen molar-refractivity contribution in [2.75, 3.05) is 11.9 Å². The molecule has 4 nitrogen and oxygen atoms in total. The van der Waals surface area contributed by atoms with E-state index >= 15 is 0 Å². The highest BCUT2D eigenvalue weighted by Gasteiger charge is 2.27. The van der Waals surface area contributed by atoms with Crippen molar-refractivity contribution in [1.82, 2.24) is 9.78 Å². The molecule has 0 aliphatic heterocycles. The van der Waals surface area contributed by atoms with Crippen molar-refractivity contribution in [3.05, 3.63) is 42.1 Å². The van der Waals surface area contributed by atoms with Crippen LogP contribution in [-0.4, -0.2) is 22.9 Å². The van der Waals surface area contributed by atoms with Crippen molar-refractivity contribution < 1.29 is 0 Å². The minimum absolute atomic E-state index is 0.661. The van der Waals surface area contributed by atoms with Gasteiger partial charge in [-0.2, -0.15) is 10.4 Å². The lowest BCUT2D eigenvalue weighted by molar-refractivity contribution is 0.829. The van der Waals surface area contributed by atoms with Gasteiger partial charge in [-0.25, -0.2) is 4.68 Å². The molecule has 1 aliphatic carbocycles. The Morgan fingerprint density at radius 1 is 1.28 bits per heavy atom. The van der Waals surface area contributed by atoms with E-state index in [9.17, 15) is 0 Å². The Morgan fingerprint density at radius 2 is 2.00 bits per heavy atom. The van der Waals surface area contributed by atoms with Crippen LogP contribution < -0.4 is 4.90 Å². The zero-order valence-electron chi connectivity index (χ0n) is 10.2. The minimum atomic E-state index is 0.661. The van der Waals surface area contributed by atoms with Gasteiger partial charge in [-0.3, -0.25) is 0 Å². The summed E-state index contributed by atoms with van der Waals surface area (Å²) in [6, 6.07) is 12.2. The lowest BCUT2D eigenvalue weighted by Crippen LogP contribution is -2.20. The molecule has 0 spiro atoms. The molecule has 1 saturated carbocycles. The SMILES string of the molecule is CN(c1ccn(-c2ccc(C#N)cc2)n1)C1CC1. The quantitative estimate of drug-likeness (QED) is 0.824. The third-order valence-electron chi connectivity index (χ3n) is 3.29. The van der Waals surface area contributed by atoms with Gasteiger partial charge < -0.3 is 4.90 Å². The fourth-order valence-electron chi connectivity index (χ4n) is 1.98. The molecule has 0 N–H and O–H groups in total. The van der Waals surface area contributed by atoms with Crippen LogP contribution in [-0.2, 0) is 0 Å². The van der Waals surface area contributed by atoms with E-state index in [1.165, 1.54) is 12.8 Å². The second-order valence-corrected chi connectivity index (χ2v) is 4.62. The maximum atomic E-state index is 8.76. The molecule has 1 fully saturated rings. The van der Waals surface area contributed by atoms with E-state index in [1.807, 2.05) is 29.1 Å². The molecule has 2 aromatic rings. The van der Waals surface area contributed by atoms with Crippen LogP contribution in [0.3, 0.4) is 0 Å². The van der Waals surface area contributed by atoms with E-state index in [0.717, 1.165) is 11.5 Å². The zero-order chi connectivity index (χ0) is 12.5. The van der Waals surface area contributed by atoms with Crippen LogP contribution in [0.2, 0.25) is 0 Å². The molecular weight excluding hydrogens is 224 g/mol. The van der Waals surface area contributed by atoms with Crippen LogP contribution in [0.15, 0.2) is 36.5 Å². The predicted molar refractivity (Wildman–Crippen MR) is 69.7 cm³/mol. The Bertz CT molecular complexity index is 587. The molecule has 4 heteroatoms. The van der Waals surface area contributed by atoms with Crippen LogP contribution in [0, 0.1) is 11.3 Å². The van der Waals surface area contributed by atoms with Gasteiger partial charge in [0.15, 0.2) is 5.82 Å². The van der Waals surface area contributed by atoms with Crippen molar-refractivity contribution >= 4 is 5.82 Å². The monoisotopic (exact) mass is 238 g/mol. The third kappa shape index (κ3) is 1.95. The summed E-state index contributed by atoms with van der Waals surface area (Å²) in [7, 11) is 2.09. The lowest BCUT2D eigenvalue weighted by atomic mass is 10.2. The second-order valence-electron chi connectivity index (χ2n) is 4.62. The number of nitriles is 1. The van der Waals surface area contributed by atoms with E-state index in [0.29, 0.717) is 11.6 Å². The number of aromatic nitrogens is 2. The molecule has 0 unspecified atom stereocenters. The number of benzene rings is 1. The maximum absolute atomic E-state index is 8.76. The summed E-state index contributed by atoms with van der Waals surface area (Å²) in [6.07, 6.45) is 4.48. The van der Waals surface area contributed by atoms with Crippen molar-refractivity contribution in [2.45, 2.75) is 18.9 Å². The Kier molecular flexibility index (Phi) is 2.52. The van der Waals surface area contributed by atoms with Crippen LogP contribution in [0.4, 0.5) is 5.82 Å². The molecule has 1 heterocycles. The van der Waals surface area contributed by atoms with E-state index in [-0.39, 0.29) is 0 Å². The van der Waals surface area contributed by atoms with Gasteiger partial charge in [-0.05, 0) is 37.1 Å². The van der Waals surface area contributed by atoms with Crippen LogP contribution in [0.25, 0.3) is 5.69 Å². The number of rotatable bonds is 3. The molecule has 0 amide bonds. The molecule has 0 radical (unpaired) electrons. The highest BCUT2D eigenvalue weighted by molar-refractivity contribution is 5.43. The number of hydrogen-bond donors (Lipinski definition) is 0. The molecular formula is C14H14N4. The molecule has 1 aromatic carbocycles. The number of hydrogen-bond acceptors (Lipinski definition) is 3. The summed E-state index contributed by atoms with van der Waals surface area (Å²) in [5, 5.41) is 13.3. The summed E-state index contributed by atoms with van der Waals surface area (Å²) < 4.78 is 1.84. The first-order valence-corrected chi connectivity index (χ1v) is 6.07. The Hall–Kier alpha value is -2.28. The van der Waals surface area contributed by atoms with Crippen LogP contribution in [0.1, 0.15) is 18.4 Å². The first-order chi connectivity index (χ1) is 8.78. The van der Waals surface area contributed by atoms with Gasteiger partial charge in [0, 0.05) is 25.4 Å². The topological polar surface area (TPSA) is 44.9 Å². The summed E-state index contributed by atoms with van der Waals surface area (Å²) in [5.74, 6) is 1.00. The van der Waals surface area contributed by atoms with Crippen LogP contribution in [0.5, 0.6) is 0 Å². The molecule has 90 valence electrons. The summed E-state index contributed by atoms with van der Waals surface area (Å²) in [6.45, 7) is 0. The molecule has 1 aromatic heterocycles. The molecule has 18 heavy (non-hydrogen) atoms. The van der Waals surface area contributed by atoms with Gasteiger partial charge in [0.1, 0.15) is 0 Å². The number of anilines is 1. The first kappa shape index (κ1) is 10.8. The standard InChI is InChI=1S/C14H14N4/c1-17(12-6-7-12)14-8-9-18(16-14)13-4-2-11(10-15)3-5-13/h2-5,8-9,12H,6-7H2,1H3. The van der Waals surface area contributed by atoms with Gasteiger partial charge in [-0.1, -0.05) is 0 Å². The Morgan fingerprint density at radius 3 is 2.61 bits per heavy atom. The summed E-state index contributed by atoms with van der Waals surface area (Å²) >= 11 is 0. The largest absolute Gasteiger partial charge is 0.355 e. The Labute approximate surface area is 106 Å². The van der Waals surface area contributed by atoms with Gasteiger partial charge >= 0.3 is 0 Å². The second kappa shape index (κ2) is 4.19. The molecule has 3 rings (SSSR count). The van der Waals surface area contributed by atoms with E-state index in [1.54, 1.807) is 12.1 Å². The van der Waals surface area contributed by atoms with Gasteiger partial charge in [0.25, 0.3) is 0 Å². The molecule has 0 atom stereocenters.